The molecule has 1 aliphatic carbocycles. The molecule has 0 bridgehead atoms. The quantitative estimate of drug-likeness (QED) is 0.850. The highest BCUT2D eigenvalue weighted by molar-refractivity contribution is 7.83. The number of halogens is 3. The third-order valence-electron chi connectivity index (χ3n) is 4.23. The fourth-order valence-electron chi connectivity index (χ4n) is 2.78. The first-order valence-electron chi connectivity index (χ1n) is 7.68. The van der Waals surface area contributed by atoms with Gasteiger partial charge in [-0.1, -0.05) is 6.07 Å². The highest BCUT2D eigenvalue weighted by atomic mass is 32.2. The van der Waals surface area contributed by atoms with Gasteiger partial charge in [-0.3, -0.25) is 4.90 Å². The molecule has 8 heteroatoms. The number of nitrogens with zero attached hydrogens (tertiary/aromatic N) is 2. The molecule has 1 heterocycles. The van der Waals surface area contributed by atoms with Crippen molar-refractivity contribution in [3.63, 3.8) is 0 Å². The summed E-state index contributed by atoms with van der Waals surface area (Å²) >= 11 is 0. The van der Waals surface area contributed by atoms with E-state index in [4.69, 9.17) is 5.73 Å². The van der Waals surface area contributed by atoms with Crippen molar-refractivity contribution >= 4 is 16.7 Å². The highest BCUT2D eigenvalue weighted by Crippen LogP contribution is 2.34. The lowest BCUT2D eigenvalue weighted by molar-refractivity contribution is -0.138. The number of rotatable bonds is 4. The van der Waals surface area contributed by atoms with Gasteiger partial charge >= 0.3 is 6.18 Å². The summed E-state index contributed by atoms with van der Waals surface area (Å²) in [6.07, 6.45) is -2.36. The number of nitrogen functional groups attached to an aromatic ring is 1. The Kier molecular flexibility index (Phi) is 4.66. The summed E-state index contributed by atoms with van der Waals surface area (Å²) < 4.78 is 53.4. The maximum absolute atomic E-state index is 13.1. The van der Waals surface area contributed by atoms with E-state index in [1.165, 1.54) is 12.1 Å². The molecule has 1 aromatic carbocycles. The van der Waals surface area contributed by atoms with Crippen molar-refractivity contribution in [2.24, 2.45) is 0 Å². The van der Waals surface area contributed by atoms with Crippen LogP contribution in [0.25, 0.3) is 0 Å². The second kappa shape index (κ2) is 6.41. The third-order valence-corrected chi connectivity index (χ3v) is 6.14. The molecule has 0 radical (unpaired) electrons. The third kappa shape index (κ3) is 4.05. The Morgan fingerprint density at radius 3 is 2.39 bits per heavy atom. The van der Waals surface area contributed by atoms with Gasteiger partial charge < -0.3 is 5.73 Å². The van der Waals surface area contributed by atoms with Crippen LogP contribution in [0.2, 0.25) is 0 Å². The van der Waals surface area contributed by atoms with Gasteiger partial charge in [0.25, 0.3) is 0 Å². The molecule has 1 aliphatic heterocycles. The summed E-state index contributed by atoms with van der Waals surface area (Å²) in [5.41, 5.74) is 5.18. The smallest absolute Gasteiger partial charge is 0.399 e. The minimum atomic E-state index is -4.40. The van der Waals surface area contributed by atoms with Crippen molar-refractivity contribution in [1.82, 2.24) is 9.21 Å². The summed E-state index contributed by atoms with van der Waals surface area (Å²) in [4.78, 5) is 1.97. The second-order valence-corrected chi connectivity index (χ2v) is 7.83. The Morgan fingerprint density at radius 1 is 1.17 bits per heavy atom. The molecular weight excluding hydrogens is 327 g/mol. The maximum atomic E-state index is 13.1. The van der Waals surface area contributed by atoms with Gasteiger partial charge in [0.2, 0.25) is 0 Å². The van der Waals surface area contributed by atoms with E-state index in [1.807, 2.05) is 9.21 Å². The number of nitrogens with two attached hydrogens (primary N) is 1. The zero-order valence-electron chi connectivity index (χ0n) is 12.7. The summed E-state index contributed by atoms with van der Waals surface area (Å²) in [5.74, 6) is 0. The van der Waals surface area contributed by atoms with Gasteiger partial charge in [-0.05, 0) is 30.5 Å². The molecule has 1 atom stereocenters. The summed E-state index contributed by atoms with van der Waals surface area (Å²) in [6.45, 7) is 2.76. The van der Waals surface area contributed by atoms with Crippen LogP contribution >= 0.6 is 0 Å². The van der Waals surface area contributed by atoms with E-state index in [-0.39, 0.29) is 17.8 Å². The molecule has 3 rings (SSSR count). The zero-order chi connectivity index (χ0) is 16.6. The van der Waals surface area contributed by atoms with Crippen LogP contribution in [0.15, 0.2) is 18.2 Å². The van der Waals surface area contributed by atoms with Gasteiger partial charge in [0.15, 0.2) is 0 Å². The first kappa shape index (κ1) is 16.7. The van der Waals surface area contributed by atoms with Crippen molar-refractivity contribution in [3.05, 3.63) is 29.3 Å². The number of piperazine rings is 1. The molecule has 0 spiro atoms. The Hall–Kier alpha value is -1.12. The molecule has 4 nitrogen and oxygen atoms in total. The molecule has 2 aliphatic rings. The van der Waals surface area contributed by atoms with E-state index in [0.29, 0.717) is 31.4 Å². The first-order valence-corrected chi connectivity index (χ1v) is 8.85. The fourth-order valence-corrected chi connectivity index (χ4v) is 4.27. The molecule has 1 aromatic rings. The minimum Gasteiger partial charge on any atom is -0.399 e. The van der Waals surface area contributed by atoms with E-state index < -0.39 is 22.7 Å². The molecule has 2 N–H and O–H groups in total. The summed E-state index contributed by atoms with van der Waals surface area (Å²) in [6, 6.07) is 3.95. The van der Waals surface area contributed by atoms with Gasteiger partial charge in [-0.15, -0.1) is 0 Å². The molecule has 0 amide bonds. The standard InChI is InChI=1S/C15H20F3N3OS/c16-15(17,18)14-9-12(19)2-1-11(14)10-20-5-7-21(8-6-20)23(22)13-3-4-13/h1-2,9,13H,3-8,10,19H2. The molecule has 2 fully saturated rings. The van der Waals surface area contributed by atoms with Crippen LogP contribution in [-0.2, 0) is 23.7 Å². The van der Waals surface area contributed by atoms with Crippen molar-refractivity contribution in [2.75, 3.05) is 31.9 Å². The number of hydrogen-bond donors (Lipinski definition) is 1. The van der Waals surface area contributed by atoms with Gasteiger partial charge in [0.05, 0.1) is 16.5 Å². The average molecular weight is 347 g/mol. The molecule has 23 heavy (non-hydrogen) atoms. The Labute approximate surface area is 136 Å². The van der Waals surface area contributed by atoms with Gasteiger partial charge in [0, 0.05) is 43.7 Å². The summed E-state index contributed by atoms with van der Waals surface area (Å²) in [5, 5.41) is 0.301. The van der Waals surface area contributed by atoms with E-state index in [0.717, 1.165) is 18.9 Å². The minimum absolute atomic E-state index is 0.116. The van der Waals surface area contributed by atoms with Gasteiger partial charge in [0.1, 0.15) is 0 Å². The predicted molar refractivity (Wildman–Crippen MR) is 83.9 cm³/mol. The van der Waals surface area contributed by atoms with E-state index in [9.17, 15) is 17.4 Å². The number of anilines is 1. The van der Waals surface area contributed by atoms with Crippen LogP contribution in [0.1, 0.15) is 24.0 Å². The highest BCUT2D eigenvalue weighted by Gasteiger charge is 2.36. The Morgan fingerprint density at radius 2 is 1.83 bits per heavy atom. The molecule has 0 aromatic heterocycles. The Bertz CT molecular complexity index is 596. The SMILES string of the molecule is Nc1ccc(CN2CCN(S(=O)C3CC3)CC2)c(C(F)(F)F)c1. The van der Waals surface area contributed by atoms with Crippen molar-refractivity contribution in [1.29, 1.82) is 0 Å². The van der Waals surface area contributed by atoms with Crippen LogP contribution in [0.3, 0.4) is 0 Å². The van der Waals surface area contributed by atoms with Crippen LogP contribution < -0.4 is 5.73 Å². The molecule has 1 unspecified atom stereocenters. The number of alkyl halides is 3. The first-order chi connectivity index (χ1) is 10.8. The largest absolute Gasteiger partial charge is 0.416 e. The average Bonchev–Trinajstić information content (AvgIpc) is 3.33. The van der Waals surface area contributed by atoms with E-state index >= 15 is 0 Å². The molecule has 1 saturated heterocycles. The maximum Gasteiger partial charge on any atom is 0.416 e. The lowest BCUT2D eigenvalue weighted by atomic mass is 10.1. The number of hydrogen-bond acceptors (Lipinski definition) is 3. The number of benzene rings is 1. The van der Waals surface area contributed by atoms with Crippen LogP contribution in [-0.4, -0.2) is 44.8 Å². The normalized spacial score (nSPS) is 22.2. The predicted octanol–water partition coefficient (Wildman–Crippen LogP) is 2.23. The zero-order valence-corrected chi connectivity index (χ0v) is 13.5. The second-order valence-electron chi connectivity index (χ2n) is 6.10. The van der Waals surface area contributed by atoms with Crippen molar-refractivity contribution in [3.8, 4) is 0 Å². The van der Waals surface area contributed by atoms with Gasteiger partial charge in [-0.25, -0.2) is 8.51 Å². The van der Waals surface area contributed by atoms with E-state index in [1.54, 1.807) is 0 Å². The van der Waals surface area contributed by atoms with Crippen LogP contribution in [0.4, 0.5) is 18.9 Å². The lowest BCUT2D eigenvalue weighted by Crippen LogP contribution is -2.47. The van der Waals surface area contributed by atoms with Gasteiger partial charge in [-0.2, -0.15) is 13.2 Å². The summed E-state index contributed by atoms with van der Waals surface area (Å²) in [7, 11) is -0.920. The molecule has 1 saturated carbocycles. The Balaban J connectivity index is 1.63. The molecular formula is C15H20F3N3OS. The fraction of sp³-hybridized carbons (Fsp3) is 0.600. The van der Waals surface area contributed by atoms with E-state index in [2.05, 4.69) is 0 Å². The van der Waals surface area contributed by atoms with Crippen LogP contribution in [0.5, 0.6) is 0 Å². The monoisotopic (exact) mass is 347 g/mol. The topological polar surface area (TPSA) is 49.6 Å². The van der Waals surface area contributed by atoms with Crippen molar-refractivity contribution < 1.29 is 17.4 Å². The van der Waals surface area contributed by atoms with Crippen molar-refractivity contribution in [2.45, 2.75) is 30.8 Å². The lowest BCUT2D eigenvalue weighted by Gasteiger charge is -2.34. The molecule has 128 valence electrons. The van der Waals surface area contributed by atoms with Crippen LogP contribution in [0, 0.1) is 0 Å².